The molecule has 0 bridgehead atoms. The van der Waals surface area contributed by atoms with E-state index in [-0.39, 0.29) is 11.6 Å². The average Bonchev–Trinajstić information content (AvgIpc) is 2.43. The van der Waals surface area contributed by atoms with Gasteiger partial charge in [0.1, 0.15) is 11.6 Å². The van der Waals surface area contributed by atoms with Gasteiger partial charge in [0.15, 0.2) is 0 Å². The third-order valence-corrected chi connectivity index (χ3v) is 3.81. The van der Waals surface area contributed by atoms with E-state index in [4.69, 9.17) is 0 Å². The lowest BCUT2D eigenvalue weighted by molar-refractivity contribution is 0.398. The highest BCUT2D eigenvalue weighted by Gasteiger charge is 2.17. The summed E-state index contributed by atoms with van der Waals surface area (Å²) in [5.41, 5.74) is 1.54. The molecule has 0 atom stereocenters. The molecule has 1 saturated carbocycles. The number of hydrogen-bond acceptors (Lipinski definition) is 1. The summed E-state index contributed by atoms with van der Waals surface area (Å²) < 4.78 is 26.9. The van der Waals surface area contributed by atoms with Crippen LogP contribution in [-0.2, 0) is 0 Å². The van der Waals surface area contributed by atoms with Gasteiger partial charge in [-0.3, -0.25) is 0 Å². The monoisotopic (exact) mass is 265 g/mol. The molecule has 0 radical (unpaired) electrons. The van der Waals surface area contributed by atoms with Crippen LogP contribution in [0, 0.1) is 17.6 Å². The predicted molar refractivity (Wildman–Crippen MR) is 74.8 cm³/mol. The number of likely N-dealkylation sites (N-methyl/N-ethyl adjacent to an activating group) is 1. The van der Waals surface area contributed by atoms with Crippen molar-refractivity contribution in [3.05, 3.63) is 41.0 Å². The van der Waals surface area contributed by atoms with Crippen molar-refractivity contribution in [2.45, 2.75) is 32.1 Å². The van der Waals surface area contributed by atoms with Crippen LogP contribution in [0.25, 0.3) is 6.08 Å². The van der Waals surface area contributed by atoms with Crippen molar-refractivity contribution in [3.8, 4) is 0 Å². The summed E-state index contributed by atoms with van der Waals surface area (Å²) in [6.07, 6.45) is 7.90. The topological polar surface area (TPSA) is 12.0 Å². The fourth-order valence-electron chi connectivity index (χ4n) is 2.82. The highest BCUT2D eigenvalue weighted by molar-refractivity contribution is 5.54. The van der Waals surface area contributed by atoms with Crippen LogP contribution in [0.5, 0.6) is 0 Å². The van der Waals surface area contributed by atoms with Gasteiger partial charge < -0.3 is 5.32 Å². The van der Waals surface area contributed by atoms with Gasteiger partial charge in [0.05, 0.1) is 0 Å². The minimum Gasteiger partial charge on any atom is -0.316 e. The summed E-state index contributed by atoms with van der Waals surface area (Å²) in [5.74, 6) is -0.241. The van der Waals surface area contributed by atoms with Crippen LogP contribution in [0.4, 0.5) is 8.78 Å². The van der Waals surface area contributed by atoms with Crippen LogP contribution in [0.2, 0.25) is 0 Å². The van der Waals surface area contributed by atoms with Crippen LogP contribution in [0.15, 0.2) is 23.8 Å². The third-order valence-electron chi connectivity index (χ3n) is 3.81. The van der Waals surface area contributed by atoms with E-state index in [0.29, 0.717) is 11.5 Å². The number of benzene rings is 1. The van der Waals surface area contributed by atoms with Crippen LogP contribution < -0.4 is 5.32 Å². The van der Waals surface area contributed by atoms with Crippen molar-refractivity contribution in [1.29, 1.82) is 0 Å². The summed E-state index contributed by atoms with van der Waals surface area (Å²) in [6.45, 7) is 0.737. The fraction of sp³-hybridized carbons (Fsp3) is 0.500. The van der Waals surface area contributed by atoms with E-state index in [0.717, 1.165) is 25.5 Å². The molecule has 1 aromatic rings. The second kappa shape index (κ2) is 6.80. The Morgan fingerprint density at radius 3 is 2.68 bits per heavy atom. The Bertz CT molecular complexity index is 448. The molecule has 0 amide bonds. The minimum absolute atomic E-state index is 0.356. The van der Waals surface area contributed by atoms with Crippen molar-refractivity contribution in [1.82, 2.24) is 5.32 Å². The van der Waals surface area contributed by atoms with Gasteiger partial charge in [0, 0.05) is 12.1 Å². The van der Waals surface area contributed by atoms with Crippen molar-refractivity contribution in [3.63, 3.8) is 0 Å². The first-order valence-corrected chi connectivity index (χ1v) is 7.01. The summed E-state index contributed by atoms with van der Waals surface area (Å²) in [5, 5.41) is 3.13. The summed E-state index contributed by atoms with van der Waals surface area (Å²) in [4.78, 5) is 0. The molecule has 0 unspecified atom stereocenters. The average molecular weight is 265 g/mol. The molecule has 104 valence electrons. The quantitative estimate of drug-likeness (QED) is 0.862. The largest absolute Gasteiger partial charge is 0.316 e. The van der Waals surface area contributed by atoms with E-state index in [1.54, 1.807) is 0 Å². The first-order valence-electron chi connectivity index (χ1n) is 7.01. The van der Waals surface area contributed by atoms with E-state index < -0.39 is 0 Å². The van der Waals surface area contributed by atoms with Gasteiger partial charge in [-0.05, 0) is 44.0 Å². The molecule has 2 rings (SSSR count). The molecule has 0 spiro atoms. The molecule has 1 nitrogen and oxygen atoms in total. The minimum atomic E-state index is -0.389. The summed E-state index contributed by atoms with van der Waals surface area (Å²) in [6, 6.07) is 3.62. The lowest BCUT2D eigenvalue weighted by atomic mass is 9.83. The zero-order valence-electron chi connectivity index (χ0n) is 11.4. The first-order chi connectivity index (χ1) is 9.20. The van der Waals surface area contributed by atoms with Gasteiger partial charge in [-0.25, -0.2) is 8.78 Å². The number of nitrogens with one attached hydrogen (secondary N) is 1. The van der Waals surface area contributed by atoms with E-state index in [9.17, 15) is 8.78 Å². The van der Waals surface area contributed by atoms with Crippen LogP contribution in [0.3, 0.4) is 0 Å². The SMILES string of the molecule is CNCC(=Cc1cc(F)ccc1F)C1CCCCC1. The summed E-state index contributed by atoms with van der Waals surface area (Å²) in [7, 11) is 1.89. The Morgan fingerprint density at radius 2 is 2.00 bits per heavy atom. The maximum absolute atomic E-state index is 13.7. The highest BCUT2D eigenvalue weighted by Crippen LogP contribution is 2.31. The van der Waals surface area contributed by atoms with Crippen LogP contribution in [-0.4, -0.2) is 13.6 Å². The standard InChI is InChI=1S/C16H21F2N/c1-19-11-14(12-5-3-2-4-6-12)9-13-10-15(17)7-8-16(13)18/h7-10,12,19H,2-6,11H2,1H3. The normalized spacial score (nSPS) is 17.7. The van der Waals surface area contributed by atoms with Crippen LogP contribution >= 0.6 is 0 Å². The zero-order chi connectivity index (χ0) is 13.7. The van der Waals surface area contributed by atoms with Gasteiger partial charge in [-0.1, -0.05) is 30.9 Å². The van der Waals surface area contributed by atoms with Gasteiger partial charge >= 0.3 is 0 Å². The number of rotatable bonds is 4. The Kier molecular flexibility index (Phi) is 5.08. The lowest BCUT2D eigenvalue weighted by Gasteiger charge is -2.24. The van der Waals surface area contributed by atoms with Gasteiger partial charge in [0.25, 0.3) is 0 Å². The fourth-order valence-corrected chi connectivity index (χ4v) is 2.82. The molecule has 3 heteroatoms. The molecular weight excluding hydrogens is 244 g/mol. The van der Waals surface area contributed by atoms with Crippen molar-refractivity contribution >= 4 is 6.08 Å². The molecule has 1 N–H and O–H groups in total. The maximum atomic E-state index is 13.7. The number of hydrogen-bond donors (Lipinski definition) is 1. The van der Waals surface area contributed by atoms with Gasteiger partial charge in [-0.2, -0.15) is 0 Å². The predicted octanol–water partition coefficient (Wildman–Crippen LogP) is 4.15. The first kappa shape index (κ1) is 14.2. The Hall–Kier alpha value is -1.22. The van der Waals surface area contributed by atoms with Crippen LogP contribution in [0.1, 0.15) is 37.7 Å². The molecule has 0 saturated heterocycles. The Labute approximate surface area is 113 Å². The zero-order valence-corrected chi connectivity index (χ0v) is 11.4. The number of halogens is 2. The van der Waals surface area contributed by atoms with Gasteiger partial charge in [-0.15, -0.1) is 0 Å². The van der Waals surface area contributed by atoms with Crippen molar-refractivity contribution < 1.29 is 8.78 Å². The molecule has 0 aliphatic heterocycles. The third kappa shape index (κ3) is 3.87. The maximum Gasteiger partial charge on any atom is 0.130 e. The molecule has 1 aliphatic carbocycles. The molecule has 0 heterocycles. The second-order valence-corrected chi connectivity index (χ2v) is 5.25. The molecule has 0 aromatic heterocycles. The van der Waals surface area contributed by atoms with Gasteiger partial charge in [0.2, 0.25) is 0 Å². The molecule has 1 fully saturated rings. The molecule has 1 aromatic carbocycles. The molecule has 1 aliphatic rings. The lowest BCUT2D eigenvalue weighted by Crippen LogP contribution is -2.19. The molecular formula is C16H21F2N. The van der Waals surface area contributed by atoms with E-state index in [1.807, 2.05) is 13.1 Å². The van der Waals surface area contributed by atoms with E-state index >= 15 is 0 Å². The second-order valence-electron chi connectivity index (χ2n) is 5.25. The smallest absolute Gasteiger partial charge is 0.130 e. The van der Waals surface area contributed by atoms with E-state index in [2.05, 4.69) is 5.32 Å². The Balaban J connectivity index is 2.25. The Morgan fingerprint density at radius 1 is 1.26 bits per heavy atom. The highest BCUT2D eigenvalue weighted by atomic mass is 19.1. The van der Waals surface area contributed by atoms with E-state index in [1.165, 1.54) is 37.0 Å². The summed E-state index contributed by atoms with van der Waals surface area (Å²) >= 11 is 0. The van der Waals surface area contributed by atoms with Crippen molar-refractivity contribution in [2.75, 3.05) is 13.6 Å². The van der Waals surface area contributed by atoms with Crippen molar-refractivity contribution in [2.24, 2.45) is 5.92 Å². The molecule has 19 heavy (non-hydrogen) atoms.